The van der Waals surface area contributed by atoms with Gasteiger partial charge in [-0.1, -0.05) is 11.6 Å². The summed E-state index contributed by atoms with van der Waals surface area (Å²) in [6, 6.07) is 4.60. The molecular weight excluding hydrogens is 306 g/mol. The second-order valence-electron chi connectivity index (χ2n) is 4.10. The molecular formula is C11H12ClN3O4S. The van der Waals surface area contributed by atoms with Crippen LogP contribution in [-0.4, -0.2) is 30.7 Å². The Hall–Kier alpha value is -1.69. The van der Waals surface area contributed by atoms with E-state index in [1.807, 2.05) is 6.07 Å². The summed E-state index contributed by atoms with van der Waals surface area (Å²) in [7, 11) is -2.80. The van der Waals surface area contributed by atoms with E-state index in [1.54, 1.807) is 6.92 Å². The van der Waals surface area contributed by atoms with Crippen molar-refractivity contribution in [3.8, 4) is 6.07 Å². The molecule has 9 heteroatoms. The zero-order chi connectivity index (χ0) is 15.5. The van der Waals surface area contributed by atoms with Crippen LogP contribution in [0.5, 0.6) is 0 Å². The second-order valence-corrected chi connectivity index (χ2v) is 6.50. The SMILES string of the molecule is CC(CC#N)N(C)S(=O)(=O)c1ccc(Cl)cc1[N+](=O)[O-]. The Morgan fingerprint density at radius 1 is 1.55 bits per heavy atom. The summed E-state index contributed by atoms with van der Waals surface area (Å²) in [4.78, 5) is 9.70. The van der Waals surface area contributed by atoms with Gasteiger partial charge in [0.15, 0.2) is 4.90 Å². The van der Waals surface area contributed by atoms with Crippen LogP contribution in [0.15, 0.2) is 23.1 Å². The van der Waals surface area contributed by atoms with Crippen LogP contribution in [0.25, 0.3) is 0 Å². The number of nitro groups is 1. The molecule has 0 spiro atoms. The number of nitro benzene ring substituents is 1. The second kappa shape index (κ2) is 6.17. The van der Waals surface area contributed by atoms with E-state index in [-0.39, 0.29) is 11.4 Å². The van der Waals surface area contributed by atoms with Crippen molar-refractivity contribution in [1.82, 2.24) is 4.31 Å². The van der Waals surface area contributed by atoms with Crippen LogP contribution < -0.4 is 0 Å². The van der Waals surface area contributed by atoms with Crippen LogP contribution in [-0.2, 0) is 10.0 Å². The summed E-state index contributed by atoms with van der Waals surface area (Å²) in [6.07, 6.45) is -0.0167. The van der Waals surface area contributed by atoms with Gasteiger partial charge in [0.05, 0.1) is 17.4 Å². The molecule has 1 unspecified atom stereocenters. The third-order valence-corrected chi connectivity index (χ3v) is 5.04. The highest BCUT2D eigenvalue weighted by molar-refractivity contribution is 7.89. The standard InChI is InChI=1S/C11H12ClN3O4S/c1-8(5-6-13)14(2)20(18,19)11-4-3-9(12)7-10(11)15(16)17/h3-4,7-8H,5H2,1-2H3. The molecule has 0 saturated heterocycles. The van der Waals surface area contributed by atoms with Gasteiger partial charge in [-0.15, -0.1) is 0 Å². The molecule has 0 aliphatic rings. The Labute approximate surface area is 121 Å². The molecule has 108 valence electrons. The first-order valence-electron chi connectivity index (χ1n) is 5.50. The number of benzene rings is 1. The highest BCUT2D eigenvalue weighted by atomic mass is 35.5. The maximum Gasteiger partial charge on any atom is 0.290 e. The Morgan fingerprint density at radius 3 is 2.65 bits per heavy atom. The fourth-order valence-electron chi connectivity index (χ4n) is 1.50. The summed E-state index contributed by atoms with van der Waals surface area (Å²) in [5, 5.41) is 19.6. The summed E-state index contributed by atoms with van der Waals surface area (Å²) >= 11 is 5.65. The molecule has 0 heterocycles. The largest absolute Gasteiger partial charge is 0.290 e. The molecule has 1 rings (SSSR count). The van der Waals surface area contributed by atoms with Gasteiger partial charge in [-0.05, 0) is 19.1 Å². The number of nitrogens with zero attached hydrogens (tertiary/aromatic N) is 3. The van der Waals surface area contributed by atoms with Gasteiger partial charge in [0.1, 0.15) is 0 Å². The van der Waals surface area contributed by atoms with Gasteiger partial charge in [0.2, 0.25) is 10.0 Å². The van der Waals surface area contributed by atoms with Crippen molar-refractivity contribution in [1.29, 1.82) is 5.26 Å². The van der Waals surface area contributed by atoms with Crippen molar-refractivity contribution < 1.29 is 13.3 Å². The first-order chi connectivity index (χ1) is 9.21. The van der Waals surface area contributed by atoms with Gasteiger partial charge in [0.25, 0.3) is 5.69 Å². The molecule has 0 radical (unpaired) electrons. The molecule has 1 aromatic carbocycles. The third-order valence-electron chi connectivity index (χ3n) is 2.78. The van der Waals surface area contributed by atoms with Crippen molar-refractivity contribution in [3.63, 3.8) is 0 Å². The van der Waals surface area contributed by atoms with E-state index in [0.29, 0.717) is 0 Å². The van der Waals surface area contributed by atoms with Gasteiger partial charge in [-0.2, -0.15) is 9.57 Å². The molecule has 1 aromatic rings. The number of rotatable bonds is 5. The van der Waals surface area contributed by atoms with Crippen molar-refractivity contribution >= 4 is 27.3 Å². The summed E-state index contributed by atoms with van der Waals surface area (Å²) in [5.41, 5.74) is -0.589. The first-order valence-corrected chi connectivity index (χ1v) is 7.32. The lowest BCUT2D eigenvalue weighted by Crippen LogP contribution is -2.35. The minimum absolute atomic E-state index is 0.0167. The van der Waals surface area contributed by atoms with Gasteiger partial charge >= 0.3 is 0 Å². The topological polar surface area (TPSA) is 104 Å². The fourth-order valence-corrected chi connectivity index (χ4v) is 3.17. The quantitative estimate of drug-likeness (QED) is 0.611. The summed E-state index contributed by atoms with van der Waals surface area (Å²) < 4.78 is 25.6. The molecule has 0 fully saturated rings. The number of sulfonamides is 1. The van der Waals surface area contributed by atoms with E-state index in [4.69, 9.17) is 16.9 Å². The van der Waals surface area contributed by atoms with Crippen LogP contribution in [0.2, 0.25) is 5.02 Å². The monoisotopic (exact) mass is 317 g/mol. The number of halogens is 1. The average Bonchev–Trinajstić information content (AvgIpc) is 2.37. The minimum atomic E-state index is -4.07. The Balaban J connectivity index is 3.36. The molecule has 7 nitrogen and oxygen atoms in total. The maximum atomic E-state index is 12.4. The van der Waals surface area contributed by atoms with Gasteiger partial charge in [-0.25, -0.2) is 8.42 Å². The predicted octanol–water partition coefficient (Wildman–Crippen LogP) is 2.17. The first kappa shape index (κ1) is 16.4. The lowest BCUT2D eigenvalue weighted by Gasteiger charge is -2.22. The van der Waals surface area contributed by atoms with E-state index in [1.165, 1.54) is 13.1 Å². The Bertz CT molecular complexity index is 669. The van der Waals surface area contributed by atoms with Crippen molar-refractivity contribution in [2.24, 2.45) is 0 Å². The lowest BCUT2D eigenvalue weighted by molar-refractivity contribution is -0.387. The van der Waals surface area contributed by atoms with Crippen LogP contribution >= 0.6 is 11.6 Å². The molecule has 0 aliphatic heterocycles. The van der Waals surface area contributed by atoms with Crippen LogP contribution in [0.1, 0.15) is 13.3 Å². The van der Waals surface area contributed by atoms with E-state index < -0.39 is 31.6 Å². The molecule has 20 heavy (non-hydrogen) atoms. The smallest absolute Gasteiger partial charge is 0.258 e. The molecule has 0 saturated carbocycles. The molecule has 0 aliphatic carbocycles. The van der Waals surface area contributed by atoms with Crippen molar-refractivity contribution in [3.05, 3.63) is 33.3 Å². The molecule has 0 bridgehead atoms. The normalized spacial score (nSPS) is 12.9. The van der Waals surface area contributed by atoms with Gasteiger partial charge in [-0.3, -0.25) is 10.1 Å². The summed E-state index contributed by atoms with van der Waals surface area (Å²) in [5.74, 6) is 0. The number of hydrogen-bond donors (Lipinski definition) is 0. The third kappa shape index (κ3) is 3.25. The zero-order valence-corrected chi connectivity index (χ0v) is 12.3. The molecule has 0 amide bonds. The van der Waals surface area contributed by atoms with E-state index in [2.05, 4.69) is 0 Å². The summed E-state index contributed by atoms with van der Waals surface area (Å²) in [6.45, 7) is 1.54. The highest BCUT2D eigenvalue weighted by Gasteiger charge is 2.32. The highest BCUT2D eigenvalue weighted by Crippen LogP contribution is 2.29. The maximum absolute atomic E-state index is 12.4. The van der Waals surface area contributed by atoms with Gasteiger partial charge < -0.3 is 0 Å². The Morgan fingerprint density at radius 2 is 2.15 bits per heavy atom. The predicted molar refractivity (Wildman–Crippen MR) is 72.7 cm³/mol. The van der Waals surface area contributed by atoms with Crippen molar-refractivity contribution in [2.75, 3.05) is 7.05 Å². The van der Waals surface area contributed by atoms with Crippen LogP contribution in [0, 0.1) is 21.4 Å². The van der Waals surface area contributed by atoms with Crippen LogP contribution in [0.3, 0.4) is 0 Å². The average molecular weight is 318 g/mol. The van der Waals surface area contributed by atoms with E-state index >= 15 is 0 Å². The zero-order valence-electron chi connectivity index (χ0n) is 10.8. The van der Waals surface area contributed by atoms with Crippen LogP contribution in [0.4, 0.5) is 5.69 Å². The van der Waals surface area contributed by atoms with Crippen molar-refractivity contribution in [2.45, 2.75) is 24.3 Å². The minimum Gasteiger partial charge on any atom is -0.258 e. The number of nitriles is 1. The lowest BCUT2D eigenvalue weighted by atomic mass is 10.3. The molecule has 0 N–H and O–H groups in total. The fraction of sp³-hybridized carbons (Fsp3) is 0.364. The van der Waals surface area contributed by atoms with E-state index in [0.717, 1.165) is 16.4 Å². The number of hydrogen-bond acceptors (Lipinski definition) is 5. The van der Waals surface area contributed by atoms with E-state index in [9.17, 15) is 18.5 Å². The Kier molecular flexibility index (Phi) is 5.05. The molecule has 0 aromatic heterocycles. The molecule has 1 atom stereocenters. The van der Waals surface area contributed by atoms with Gasteiger partial charge in [0, 0.05) is 24.2 Å².